The van der Waals surface area contributed by atoms with E-state index in [1.165, 1.54) is 6.07 Å². The van der Waals surface area contributed by atoms with Gasteiger partial charge in [0.25, 0.3) is 0 Å². The van der Waals surface area contributed by atoms with Gasteiger partial charge in [0, 0.05) is 17.8 Å². The average molecular weight is 241 g/mol. The molecule has 0 saturated heterocycles. The summed E-state index contributed by atoms with van der Waals surface area (Å²) in [5, 5.41) is 12.7. The predicted octanol–water partition coefficient (Wildman–Crippen LogP) is 1.41. The second kappa shape index (κ2) is 5.35. The summed E-state index contributed by atoms with van der Waals surface area (Å²) in [6.45, 7) is 1.74. The Morgan fingerprint density at radius 1 is 1.65 bits per heavy atom. The Morgan fingerprint density at radius 2 is 2.29 bits per heavy atom. The van der Waals surface area contributed by atoms with E-state index in [1.54, 1.807) is 6.92 Å². The first kappa shape index (κ1) is 13.0. The summed E-state index contributed by atoms with van der Waals surface area (Å²) in [7, 11) is 0. The molecule has 1 amide bonds. The fourth-order valence-electron chi connectivity index (χ4n) is 1.15. The number of anilines is 1. The van der Waals surface area contributed by atoms with Crippen LogP contribution in [0.2, 0.25) is 0 Å². The number of nitrogens with one attached hydrogen (secondary N) is 1. The van der Waals surface area contributed by atoms with E-state index >= 15 is 0 Å². The fraction of sp³-hybridized carbons (Fsp3) is 0.300. The highest BCUT2D eigenvalue weighted by Crippen LogP contribution is 2.20. The number of rotatable bonds is 4. The molecule has 1 aromatic rings. The van der Waals surface area contributed by atoms with Crippen LogP contribution in [-0.2, 0) is 4.79 Å². The first-order valence-electron chi connectivity index (χ1n) is 4.96. The molecule has 0 saturated carbocycles. The van der Waals surface area contributed by atoms with Crippen molar-refractivity contribution in [3.05, 3.63) is 34.1 Å². The molecule has 0 spiro atoms. The summed E-state index contributed by atoms with van der Waals surface area (Å²) in [6, 6.07) is 2.44. The van der Waals surface area contributed by atoms with Crippen molar-refractivity contribution in [2.75, 3.05) is 5.32 Å². The normalized spacial score (nSPS) is 11.9. The number of benzene rings is 1. The largest absolute Gasteiger partial charge is 0.325 e. The van der Waals surface area contributed by atoms with Gasteiger partial charge in [0.05, 0.1) is 11.0 Å². The molecule has 0 aliphatic heterocycles. The maximum atomic E-state index is 13.2. The lowest BCUT2D eigenvalue weighted by atomic mass is 10.2. The van der Waals surface area contributed by atoms with Gasteiger partial charge in [-0.25, -0.2) is 0 Å². The van der Waals surface area contributed by atoms with Crippen molar-refractivity contribution in [1.29, 1.82) is 0 Å². The molecule has 6 nitrogen and oxygen atoms in total. The van der Waals surface area contributed by atoms with Crippen LogP contribution in [0, 0.1) is 15.9 Å². The summed E-state index contributed by atoms with van der Waals surface area (Å²) in [5.74, 6) is -1.46. The first-order valence-corrected chi connectivity index (χ1v) is 4.96. The number of nitro groups is 1. The summed E-state index contributed by atoms with van der Waals surface area (Å²) < 4.78 is 13.2. The SMILES string of the molecule is CC[C@@H](N)C(=O)Nc1ccc([N+](=O)[O-])c(F)c1. The van der Waals surface area contributed by atoms with Crippen LogP contribution in [0.4, 0.5) is 15.8 Å². The highest BCUT2D eigenvalue weighted by atomic mass is 19.1. The minimum Gasteiger partial charge on any atom is -0.325 e. The molecular formula is C10H12FN3O3. The molecule has 0 aliphatic carbocycles. The number of hydrogen-bond donors (Lipinski definition) is 2. The maximum Gasteiger partial charge on any atom is 0.304 e. The van der Waals surface area contributed by atoms with Crippen molar-refractivity contribution in [3.8, 4) is 0 Å². The number of nitrogens with two attached hydrogens (primary N) is 1. The maximum absolute atomic E-state index is 13.2. The molecule has 17 heavy (non-hydrogen) atoms. The Balaban J connectivity index is 2.84. The summed E-state index contributed by atoms with van der Waals surface area (Å²) in [5.41, 5.74) is 4.97. The van der Waals surface area contributed by atoms with Crippen molar-refractivity contribution in [2.24, 2.45) is 5.73 Å². The standard InChI is InChI=1S/C10H12FN3O3/c1-2-8(12)10(15)13-6-3-4-9(14(16)17)7(11)5-6/h3-5,8H,2,12H2,1H3,(H,13,15)/t8-/m1/s1. The van der Waals surface area contributed by atoms with E-state index in [4.69, 9.17) is 5.73 Å². The van der Waals surface area contributed by atoms with Gasteiger partial charge in [-0.2, -0.15) is 4.39 Å². The van der Waals surface area contributed by atoms with Crippen LogP contribution < -0.4 is 11.1 Å². The monoisotopic (exact) mass is 241 g/mol. The van der Waals surface area contributed by atoms with Crippen LogP contribution in [0.25, 0.3) is 0 Å². The van der Waals surface area contributed by atoms with Crippen molar-refractivity contribution < 1.29 is 14.1 Å². The van der Waals surface area contributed by atoms with Gasteiger partial charge >= 0.3 is 5.69 Å². The molecule has 0 fully saturated rings. The topological polar surface area (TPSA) is 98.3 Å². The van der Waals surface area contributed by atoms with E-state index in [-0.39, 0.29) is 5.69 Å². The smallest absolute Gasteiger partial charge is 0.304 e. The van der Waals surface area contributed by atoms with Gasteiger partial charge in [-0.15, -0.1) is 0 Å². The Hall–Kier alpha value is -2.02. The summed E-state index contributed by atoms with van der Waals surface area (Å²) in [4.78, 5) is 20.9. The van der Waals surface area contributed by atoms with Crippen LogP contribution in [0.5, 0.6) is 0 Å². The van der Waals surface area contributed by atoms with Crippen molar-refractivity contribution in [3.63, 3.8) is 0 Å². The van der Waals surface area contributed by atoms with Gasteiger partial charge in [-0.3, -0.25) is 14.9 Å². The molecule has 92 valence electrons. The van der Waals surface area contributed by atoms with Gasteiger partial charge in [0.2, 0.25) is 11.7 Å². The van der Waals surface area contributed by atoms with Crippen LogP contribution >= 0.6 is 0 Å². The zero-order valence-electron chi connectivity index (χ0n) is 9.14. The van der Waals surface area contributed by atoms with Crippen molar-refractivity contribution in [2.45, 2.75) is 19.4 Å². The van der Waals surface area contributed by atoms with E-state index in [0.717, 1.165) is 12.1 Å². The van der Waals surface area contributed by atoms with Gasteiger partial charge in [0.1, 0.15) is 0 Å². The van der Waals surface area contributed by atoms with Gasteiger partial charge in [-0.1, -0.05) is 6.92 Å². The Labute approximate surface area is 96.8 Å². The highest BCUT2D eigenvalue weighted by Gasteiger charge is 2.16. The van der Waals surface area contributed by atoms with Crippen molar-refractivity contribution >= 4 is 17.3 Å². The number of nitro benzene ring substituents is 1. The molecule has 1 rings (SSSR count). The Bertz CT molecular complexity index is 450. The fourth-order valence-corrected chi connectivity index (χ4v) is 1.15. The molecular weight excluding hydrogens is 229 g/mol. The number of amides is 1. The first-order chi connectivity index (χ1) is 7.95. The molecule has 0 unspecified atom stereocenters. The number of halogens is 1. The number of hydrogen-bond acceptors (Lipinski definition) is 4. The second-order valence-corrected chi connectivity index (χ2v) is 3.43. The van der Waals surface area contributed by atoms with Gasteiger partial charge < -0.3 is 11.1 Å². The van der Waals surface area contributed by atoms with Crippen LogP contribution in [0.15, 0.2) is 18.2 Å². The number of nitrogens with zero attached hydrogens (tertiary/aromatic N) is 1. The molecule has 7 heteroatoms. The molecule has 0 aliphatic rings. The number of carbonyl (C=O) groups excluding carboxylic acids is 1. The van der Waals surface area contributed by atoms with E-state index in [1.807, 2.05) is 0 Å². The van der Waals surface area contributed by atoms with Crippen LogP contribution in [0.1, 0.15) is 13.3 Å². The highest BCUT2D eigenvalue weighted by molar-refractivity contribution is 5.94. The quantitative estimate of drug-likeness (QED) is 0.615. The third-order valence-electron chi connectivity index (χ3n) is 2.19. The van der Waals surface area contributed by atoms with E-state index in [2.05, 4.69) is 5.32 Å². The van der Waals surface area contributed by atoms with Crippen LogP contribution in [0.3, 0.4) is 0 Å². The second-order valence-electron chi connectivity index (χ2n) is 3.43. The average Bonchev–Trinajstić information content (AvgIpc) is 2.27. The zero-order chi connectivity index (χ0) is 13.0. The van der Waals surface area contributed by atoms with Crippen LogP contribution in [-0.4, -0.2) is 16.9 Å². The minimum atomic E-state index is -1.00. The lowest BCUT2D eigenvalue weighted by Gasteiger charge is -2.09. The Kier molecular flexibility index (Phi) is 4.11. The third kappa shape index (κ3) is 3.22. The molecule has 3 N–H and O–H groups in total. The summed E-state index contributed by atoms with van der Waals surface area (Å²) >= 11 is 0. The third-order valence-corrected chi connectivity index (χ3v) is 2.19. The van der Waals surface area contributed by atoms with Gasteiger partial charge in [-0.05, 0) is 12.5 Å². The van der Waals surface area contributed by atoms with Crippen molar-refractivity contribution in [1.82, 2.24) is 0 Å². The van der Waals surface area contributed by atoms with E-state index < -0.39 is 28.4 Å². The van der Waals surface area contributed by atoms with Gasteiger partial charge in [0.15, 0.2) is 0 Å². The zero-order valence-corrected chi connectivity index (χ0v) is 9.14. The lowest BCUT2D eigenvalue weighted by Crippen LogP contribution is -2.34. The minimum absolute atomic E-state index is 0.141. The lowest BCUT2D eigenvalue weighted by molar-refractivity contribution is -0.387. The molecule has 0 heterocycles. The van der Waals surface area contributed by atoms with E-state index in [9.17, 15) is 19.3 Å². The van der Waals surface area contributed by atoms with E-state index in [0.29, 0.717) is 6.42 Å². The molecule has 1 aromatic carbocycles. The molecule has 0 aromatic heterocycles. The molecule has 0 bridgehead atoms. The predicted molar refractivity (Wildman–Crippen MR) is 60.0 cm³/mol. The molecule has 0 radical (unpaired) electrons. The Morgan fingerprint density at radius 3 is 2.76 bits per heavy atom. The summed E-state index contributed by atoms with van der Waals surface area (Å²) in [6.07, 6.45) is 0.446. The molecule has 1 atom stereocenters. The number of carbonyl (C=O) groups is 1.